The van der Waals surface area contributed by atoms with E-state index in [4.69, 9.17) is 33.2 Å². The molecule has 0 aromatic carbocycles. The fraction of sp³-hybridized carbons (Fsp3) is 0.941. The monoisotopic (exact) mass is 634 g/mol. The Morgan fingerprint density at radius 2 is 0.682 bits per heavy atom. The molecule has 0 saturated heterocycles. The normalized spacial score (nSPS) is 11.2. The molecule has 0 radical (unpaired) electrons. The first kappa shape index (κ1) is 42.7. The number of carbonyl (C=O) groups is 2. The van der Waals surface area contributed by atoms with E-state index in [0.717, 1.165) is 12.8 Å². The molecule has 10 heteroatoms. The van der Waals surface area contributed by atoms with Crippen LogP contribution in [0.4, 0.5) is 0 Å². The van der Waals surface area contributed by atoms with E-state index in [2.05, 4.69) is 11.7 Å². The van der Waals surface area contributed by atoms with Gasteiger partial charge in [0.2, 0.25) is 0 Å². The Bertz CT molecular complexity index is 590. The highest BCUT2D eigenvalue weighted by Gasteiger charge is 2.03. The summed E-state index contributed by atoms with van der Waals surface area (Å²) in [4.78, 5) is 22.8. The summed E-state index contributed by atoms with van der Waals surface area (Å²) in [5.41, 5.74) is 0. The number of esters is 2. The molecule has 0 saturated carbocycles. The van der Waals surface area contributed by atoms with Gasteiger partial charge in [-0.1, -0.05) is 96.8 Å². The van der Waals surface area contributed by atoms with Gasteiger partial charge in [0.1, 0.15) is 6.61 Å². The summed E-state index contributed by atoms with van der Waals surface area (Å²) in [6.45, 7) is 7.97. The average molecular weight is 635 g/mol. The zero-order valence-corrected chi connectivity index (χ0v) is 28.3. The van der Waals surface area contributed by atoms with Gasteiger partial charge in [0.25, 0.3) is 0 Å². The molecule has 0 amide bonds. The van der Waals surface area contributed by atoms with E-state index >= 15 is 0 Å². The smallest absolute Gasteiger partial charge is 0.307 e. The van der Waals surface area contributed by atoms with Crippen molar-refractivity contribution >= 4 is 11.9 Å². The fourth-order valence-electron chi connectivity index (χ4n) is 4.39. The molecule has 0 aliphatic heterocycles. The molecule has 0 unspecified atom stereocenters. The highest BCUT2D eigenvalue weighted by Crippen LogP contribution is 2.13. The molecule has 0 fully saturated rings. The van der Waals surface area contributed by atoms with Crippen LogP contribution >= 0.6 is 0 Å². The van der Waals surface area contributed by atoms with Gasteiger partial charge in [0.15, 0.2) is 0 Å². The van der Waals surface area contributed by atoms with E-state index in [0.29, 0.717) is 85.7 Å². The molecule has 0 bridgehead atoms. The minimum atomic E-state index is -0.284. The fourth-order valence-corrected chi connectivity index (χ4v) is 4.39. The lowest BCUT2D eigenvalue weighted by Gasteiger charge is -2.08. The van der Waals surface area contributed by atoms with Gasteiger partial charge in [-0.3, -0.25) is 9.59 Å². The van der Waals surface area contributed by atoms with Crippen molar-refractivity contribution in [3.05, 3.63) is 0 Å². The minimum absolute atomic E-state index is 0.133. The second-order valence-corrected chi connectivity index (χ2v) is 10.9. The molecule has 0 rings (SSSR count). The predicted octanol–water partition coefficient (Wildman–Crippen LogP) is 6.45. The van der Waals surface area contributed by atoms with Crippen molar-refractivity contribution in [2.75, 3.05) is 93.0 Å². The topological polar surface area (TPSA) is 108 Å². The maximum atomic E-state index is 11.8. The third-order valence-electron chi connectivity index (χ3n) is 7.01. The van der Waals surface area contributed by atoms with Crippen LogP contribution in [0.15, 0.2) is 0 Å². The van der Waals surface area contributed by atoms with Gasteiger partial charge in [-0.25, -0.2) is 0 Å². The predicted molar refractivity (Wildman–Crippen MR) is 172 cm³/mol. The molecular formula is C34H66O10. The summed E-state index contributed by atoms with van der Waals surface area (Å²) in [7, 11) is 1.35. The first-order valence-electron chi connectivity index (χ1n) is 17.4. The van der Waals surface area contributed by atoms with Crippen LogP contribution in [-0.2, 0) is 47.5 Å². The van der Waals surface area contributed by atoms with Crippen LogP contribution in [0.1, 0.15) is 116 Å². The van der Waals surface area contributed by atoms with E-state index in [1.807, 2.05) is 0 Å². The van der Waals surface area contributed by atoms with Gasteiger partial charge in [-0.15, -0.1) is 0 Å². The van der Waals surface area contributed by atoms with E-state index in [-0.39, 0.29) is 25.0 Å². The van der Waals surface area contributed by atoms with Crippen LogP contribution in [0, 0.1) is 0 Å². The minimum Gasteiger partial charge on any atom is -0.469 e. The lowest BCUT2D eigenvalue weighted by molar-refractivity contribution is -0.145. The lowest BCUT2D eigenvalue weighted by atomic mass is 10.0. The number of ether oxygens (including phenoxy) is 8. The second kappa shape index (κ2) is 37.9. The zero-order chi connectivity index (χ0) is 32.0. The van der Waals surface area contributed by atoms with E-state index in [9.17, 15) is 9.59 Å². The van der Waals surface area contributed by atoms with Crippen LogP contribution in [-0.4, -0.2) is 105 Å². The van der Waals surface area contributed by atoms with Crippen molar-refractivity contribution in [2.24, 2.45) is 0 Å². The van der Waals surface area contributed by atoms with E-state index in [1.54, 1.807) is 0 Å². The van der Waals surface area contributed by atoms with E-state index < -0.39 is 0 Å². The van der Waals surface area contributed by atoms with Crippen LogP contribution in [0.2, 0.25) is 0 Å². The Labute approximate surface area is 268 Å². The summed E-state index contributed by atoms with van der Waals surface area (Å²) >= 11 is 0. The summed E-state index contributed by atoms with van der Waals surface area (Å²) in [6, 6.07) is 0. The van der Waals surface area contributed by atoms with Gasteiger partial charge in [0.05, 0.1) is 92.8 Å². The molecule has 10 nitrogen and oxygen atoms in total. The molecule has 0 aromatic heterocycles. The number of hydrogen-bond donors (Lipinski definition) is 0. The highest BCUT2D eigenvalue weighted by atomic mass is 16.6. The Kier molecular flexibility index (Phi) is 36.8. The van der Waals surface area contributed by atoms with Gasteiger partial charge in [0, 0.05) is 6.42 Å². The molecule has 0 heterocycles. The van der Waals surface area contributed by atoms with Crippen molar-refractivity contribution in [3.8, 4) is 0 Å². The van der Waals surface area contributed by atoms with Crippen LogP contribution < -0.4 is 0 Å². The molecular weight excluding hydrogens is 568 g/mol. The summed E-state index contributed by atoms with van der Waals surface area (Å²) in [5.74, 6) is -0.416. The van der Waals surface area contributed by atoms with Crippen LogP contribution in [0.3, 0.4) is 0 Å². The van der Waals surface area contributed by atoms with Gasteiger partial charge < -0.3 is 37.9 Å². The summed E-state index contributed by atoms with van der Waals surface area (Å²) < 4.78 is 42.2. The SMILES string of the molecule is CCCCCCCCCCCCCCCCCC(=O)OCCOCCOCCOCCOCCOCCOCCC(=O)OC. The highest BCUT2D eigenvalue weighted by molar-refractivity contribution is 5.69. The second-order valence-electron chi connectivity index (χ2n) is 10.9. The average Bonchev–Trinajstić information content (AvgIpc) is 3.03. The van der Waals surface area contributed by atoms with Crippen molar-refractivity contribution in [1.29, 1.82) is 0 Å². The number of methoxy groups -OCH3 is 1. The number of rotatable bonds is 37. The van der Waals surface area contributed by atoms with Crippen LogP contribution in [0.25, 0.3) is 0 Å². The molecule has 0 atom stereocenters. The standard InChI is InChI=1S/C34H66O10/c1-3-4-5-6-7-8-9-10-11-12-13-14-15-16-17-18-34(36)44-32-31-43-30-29-42-28-27-41-26-25-40-24-23-39-22-21-38-20-19-33(35)37-2/h3-32H2,1-2H3. The van der Waals surface area contributed by atoms with Crippen molar-refractivity contribution in [2.45, 2.75) is 116 Å². The quantitative estimate of drug-likeness (QED) is 0.0559. The Morgan fingerprint density at radius 3 is 1.05 bits per heavy atom. The van der Waals surface area contributed by atoms with Crippen molar-refractivity contribution < 1.29 is 47.5 Å². The first-order valence-corrected chi connectivity index (χ1v) is 17.4. The number of carbonyl (C=O) groups excluding carboxylic acids is 2. The molecule has 262 valence electrons. The third kappa shape index (κ3) is 36.9. The number of unbranched alkanes of at least 4 members (excludes halogenated alkanes) is 14. The molecule has 44 heavy (non-hydrogen) atoms. The van der Waals surface area contributed by atoms with Crippen LogP contribution in [0.5, 0.6) is 0 Å². The Balaban J connectivity index is 3.15. The molecule has 0 aromatic rings. The molecule has 0 N–H and O–H groups in total. The third-order valence-corrected chi connectivity index (χ3v) is 7.01. The lowest BCUT2D eigenvalue weighted by Crippen LogP contribution is -2.15. The van der Waals surface area contributed by atoms with Gasteiger partial charge in [-0.2, -0.15) is 0 Å². The first-order chi connectivity index (χ1) is 21.7. The Hall–Kier alpha value is -1.30. The van der Waals surface area contributed by atoms with E-state index in [1.165, 1.54) is 90.6 Å². The molecule has 0 aliphatic carbocycles. The maximum Gasteiger partial charge on any atom is 0.307 e. The van der Waals surface area contributed by atoms with Crippen molar-refractivity contribution in [3.63, 3.8) is 0 Å². The molecule has 0 aliphatic rings. The maximum absolute atomic E-state index is 11.8. The Morgan fingerprint density at radius 1 is 0.364 bits per heavy atom. The number of hydrogen-bond acceptors (Lipinski definition) is 10. The van der Waals surface area contributed by atoms with Gasteiger partial charge in [-0.05, 0) is 6.42 Å². The summed E-state index contributed by atoms with van der Waals surface area (Å²) in [6.07, 6.45) is 20.5. The summed E-state index contributed by atoms with van der Waals surface area (Å²) in [5, 5.41) is 0. The van der Waals surface area contributed by atoms with Gasteiger partial charge >= 0.3 is 11.9 Å². The largest absolute Gasteiger partial charge is 0.469 e. The van der Waals surface area contributed by atoms with Crippen molar-refractivity contribution in [1.82, 2.24) is 0 Å². The molecule has 0 spiro atoms. The zero-order valence-electron chi connectivity index (χ0n) is 28.3.